The Morgan fingerprint density at radius 1 is 0.933 bits per heavy atom. The molecule has 0 saturated carbocycles. The molecule has 0 radical (unpaired) electrons. The molecule has 0 aromatic rings. The maximum absolute atomic E-state index is 4.00. The second-order valence-corrected chi connectivity index (χ2v) is 4.27. The highest BCUT2D eigenvalue weighted by atomic mass is 14.0. The van der Waals surface area contributed by atoms with Crippen LogP contribution in [0.3, 0.4) is 0 Å². The Morgan fingerprint density at radius 3 is 2.00 bits per heavy atom. The third-order valence-electron chi connectivity index (χ3n) is 1.81. The van der Waals surface area contributed by atoms with Crippen LogP contribution in [0.4, 0.5) is 0 Å². The average Bonchev–Trinajstić information content (AvgIpc) is 2.11. The number of hydrogen-bond acceptors (Lipinski definition) is 0. The number of allylic oxidation sites excluding steroid dienone is 8. The van der Waals surface area contributed by atoms with Gasteiger partial charge < -0.3 is 0 Å². The van der Waals surface area contributed by atoms with Gasteiger partial charge >= 0.3 is 0 Å². The molecule has 0 heteroatoms. The molecule has 0 bridgehead atoms. The van der Waals surface area contributed by atoms with Gasteiger partial charge in [0.15, 0.2) is 0 Å². The zero-order valence-corrected chi connectivity index (χ0v) is 10.4. The van der Waals surface area contributed by atoms with Crippen molar-refractivity contribution in [3.8, 4) is 0 Å². The fourth-order valence-electron chi connectivity index (χ4n) is 1.05. The minimum absolute atomic E-state index is 0.924. The Balaban J connectivity index is 4.25. The van der Waals surface area contributed by atoms with Crippen LogP contribution in [0.2, 0.25) is 0 Å². The first-order valence-corrected chi connectivity index (χ1v) is 5.24. The van der Waals surface area contributed by atoms with E-state index in [2.05, 4.69) is 46.1 Å². The Hall–Kier alpha value is -1.30. The molecule has 0 unspecified atom stereocenters. The van der Waals surface area contributed by atoms with Gasteiger partial charge in [-0.2, -0.15) is 0 Å². The Labute approximate surface area is 94.4 Å². The molecule has 0 aliphatic heterocycles. The predicted octanol–water partition coefficient (Wildman–Crippen LogP) is 4.98. The van der Waals surface area contributed by atoms with Crippen LogP contribution in [-0.4, -0.2) is 0 Å². The second-order valence-electron chi connectivity index (χ2n) is 4.27. The van der Waals surface area contributed by atoms with E-state index in [1.165, 1.54) is 11.1 Å². The minimum atomic E-state index is 0.924. The van der Waals surface area contributed by atoms with Crippen molar-refractivity contribution in [1.82, 2.24) is 0 Å². The van der Waals surface area contributed by atoms with Crippen LogP contribution in [0.5, 0.6) is 0 Å². The van der Waals surface area contributed by atoms with Crippen molar-refractivity contribution in [1.29, 1.82) is 0 Å². The van der Waals surface area contributed by atoms with Crippen LogP contribution < -0.4 is 0 Å². The van der Waals surface area contributed by atoms with Crippen LogP contribution in [0.25, 0.3) is 0 Å². The standard InChI is InChI=1S/C15H22/c1-12(2)7-9-14(5)11-15(6)10-8-13(3)4/h7-10H,1,5,11H2,2-4,6H3/b9-7-,15-10+. The Bertz CT molecular complexity index is 318. The van der Waals surface area contributed by atoms with Crippen LogP contribution in [-0.2, 0) is 0 Å². The Kier molecular flexibility index (Phi) is 6.44. The maximum Gasteiger partial charge on any atom is -0.00726 e. The van der Waals surface area contributed by atoms with Crippen molar-refractivity contribution in [2.75, 3.05) is 0 Å². The lowest BCUT2D eigenvalue weighted by Crippen LogP contribution is -1.80. The van der Waals surface area contributed by atoms with Crippen LogP contribution >= 0.6 is 0 Å². The third-order valence-corrected chi connectivity index (χ3v) is 1.81. The first-order chi connectivity index (χ1) is 6.91. The number of hydrogen-bond donors (Lipinski definition) is 0. The van der Waals surface area contributed by atoms with E-state index in [0.29, 0.717) is 0 Å². The third kappa shape index (κ3) is 9.01. The van der Waals surface area contributed by atoms with E-state index in [4.69, 9.17) is 0 Å². The van der Waals surface area contributed by atoms with E-state index in [9.17, 15) is 0 Å². The van der Waals surface area contributed by atoms with E-state index >= 15 is 0 Å². The molecule has 15 heavy (non-hydrogen) atoms. The highest BCUT2D eigenvalue weighted by molar-refractivity contribution is 5.28. The van der Waals surface area contributed by atoms with Gasteiger partial charge in [0.25, 0.3) is 0 Å². The molecule has 0 atom stereocenters. The first-order valence-electron chi connectivity index (χ1n) is 5.24. The van der Waals surface area contributed by atoms with Crippen LogP contribution in [0, 0.1) is 0 Å². The topological polar surface area (TPSA) is 0 Å². The van der Waals surface area contributed by atoms with Crippen molar-refractivity contribution in [3.05, 3.63) is 59.8 Å². The molecule has 0 heterocycles. The summed E-state index contributed by atoms with van der Waals surface area (Å²) in [5, 5.41) is 0. The van der Waals surface area contributed by atoms with Crippen molar-refractivity contribution in [2.45, 2.75) is 34.1 Å². The molecular weight excluding hydrogens is 180 g/mol. The van der Waals surface area contributed by atoms with Gasteiger partial charge in [-0.25, -0.2) is 0 Å². The summed E-state index contributed by atoms with van der Waals surface area (Å²) in [6.45, 7) is 16.1. The van der Waals surface area contributed by atoms with Gasteiger partial charge in [-0.05, 0) is 34.1 Å². The summed E-state index contributed by atoms with van der Waals surface area (Å²) in [7, 11) is 0. The van der Waals surface area contributed by atoms with Crippen molar-refractivity contribution in [2.24, 2.45) is 0 Å². The second kappa shape index (κ2) is 7.05. The van der Waals surface area contributed by atoms with Gasteiger partial charge in [-0.3, -0.25) is 0 Å². The first kappa shape index (κ1) is 13.7. The molecule has 0 aromatic carbocycles. The zero-order valence-electron chi connectivity index (χ0n) is 10.4. The van der Waals surface area contributed by atoms with Crippen LogP contribution in [0.1, 0.15) is 34.1 Å². The van der Waals surface area contributed by atoms with E-state index in [1.807, 2.05) is 19.1 Å². The highest BCUT2D eigenvalue weighted by Crippen LogP contribution is 2.11. The molecule has 82 valence electrons. The smallest absolute Gasteiger partial charge is 0.00726 e. The van der Waals surface area contributed by atoms with Crippen molar-refractivity contribution >= 4 is 0 Å². The van der Waals surface area contributed by atoms with E-state index in [1.54, 1.807) is 0 Å². The summed E-state index contributed by atoms with van der Waals surface area (Å²) in [5.74, 6) is 0. The predicted molar refractivity (Wildman–Crippen MR) is 70.9 cm³/mol. The van der Waals surface area contributed by atoms with Gasteiger partial charge in [0, 0.05) is 0 Å². The van der Waals surface area contributed by atoms with E-state index in [-0.39, 0.29) is 0 Å². The summed E-state index contributed by atoms with van der Waals surface area (Å²) in [6.07, 6.45) is 9.23. The molecule has 0 nitrogen and oxygen atoms in total. The van der Waals surface area contributed by atoms with Crippen LogP contribution in [0.15, 0.2) is 59.8 Å². The fourth-order valence-corrected chi connectivity index (χ4v) is 1.05. The molecule has 0 fully saturated rings. The molecule has 0 aliphatic rings. The lowest BCUT2D eigenvalue weighted by Gasteiger charge is -2.00. The SMILES string of the molecule is C=C(C)/C=C\C(=C)C/C(C)=C/C=C(C)C. The van der Waals surface area contributed by atoms with Crippen molar-refractivity contribution < 1.29 is 0 Å². The molecule has 0 aliphatic carbocycles. The summed E-state index contributed by atoms with van der Waals surface area (Å²) in [4.78, 5) is 0. The fraction of sp³-hybridized carbons (Fsp3) is 0.333. The zero-order chi connectivity index (χ0) is 11.8. The molecule has 0 amide bonds. The quantitative estimate of drug-likeness (QED) is 0.552. The summed E-state index contributed by atoms with van der Waals surface area (Å²) >= 11 is 0. The molecular formula is C15H22. The normalized spacial score (nSPS) is 11.6. The molecule has 0 spiro atoms. The summed E-state index contributed by atoms with van der Waals surface area (Å²) in [5.41, 5.74) is 4.82. The minimum Gasteiger partial charge on any atom is -0.0961 e. The maximum atomic E-state index is 4.00. The van der Waals surface area contributed by atoms with Crippen molar-refractivity contribution in [3.63, 3.8) is 0 Å². The van der Waals surface area contributed by atoms with Gasteiger partial charge in [0.1, 0.15) is 0 Å². The lowest BCUT2D eigenvalue weighted by atomic mass is 10.1. The van der Waals surface area contributed by atoms with E-state index in [0.717, 1.165) is 17.6 Å². The molecule has 0 aromatic heterocycles. The Morgan fingerprint density at radius 2 is 1.53 bits per heavy atom. The van der Waals surface area contributed by atoms with Gasteiger partial charge in [0.2, 0.25) is 0 Å². The monoisotopic (exact) mass is 202 g/mol. The van der Waals surface area contributed by atoms with E-state index < -0.39 is 0 Å². The average molecular weight is 202 g/mol. The summed E-state index contributed by atoms with van der Waals surface area (Å²) in [6, 6.07) is 0. The van der Waals surface area contributed by atoms with Gasteiger partial charge in [-0.1, -0.05) is 59.8 Å². The molecule has 0 rings (SSSR count). The largest absolute Gasteiger partial charge is 0.0961 e. The number of rotatable bonds is 5. The molecule has 0 saturated heterocycles. The van der Waals surface area contributed by atoms with Gasteiger partial charge in [-0.15, -0.1) is 0 Å². The highest BCUT2D eigenvalue weighted by Gasteiger charge is 1.91. The molecule has 0 N–H and O–H groups in total. The lowest BCUT2D eigenvalue weighted by molar-refractivity contribution is 1.16. The summed E-state index contributed by atoms with van der Waals surface area (Å²) < 4.78 is 0. The van der Waals surface area contributed by atoms with Gasteiger partial charge in [0.05, 0.1) is 0 Å².